The SMILES string of the molecule is CC(=NNc1c(Cl)c(Cl)nc(C(=O)O)c1Cl)c1ccc(C)c(C)c1. The molecule has 0 aliphatic carbocycles. The zero-order valence-corrected chi connectivity index (χ0v) is 15.4. The van der Waals surface area contributed by atoms with Crippen LogP contribution in [0.4, 0.5) is 5.69 Å². The molecule has 2 rings (SSSR count). The fraction of sp³-hybridized carbons (Fsp3) is 0.188. The van der Waals surface area contributed by atoms with Crippen LogP contribution in [0.1, 0.15) is 34.1 Å². The molecule has 0 saturated carbocycles. The molecule has 0 atom stereocenters. The molecule has 0 saturated heterocycles. The highest BCUT2D eigenvalue weighted by atomic mass is 35.5. The van der Waals surface area contributed by atoms with Crippen LogP contribution in [0.15, 0.2) is 23.3 Å². The Morgan fingerprint density at radius 2 is 1.83 bits per heavy atom. The molecule has 8 heteroatoms. The van der Waals surface area contributed by atoms with Crippen LogP contribution >= 0.6 is 34.8 Å². The van der Waals surface area contributed by atoms with E-state index < -0.39 is 11.7 Å². The largest absolute Gasteiger partial charge is 0.476 e. The minimum absolute atomic E-state index is 0.00306. The molecule has 0 bridgehead atoms. The van der Waals surface area contributed by atoms with Crippen molar-refractivity contribution in [2.45, 2.75) is 20.8 Å². The van der Waals surface area contributed by atoms with Crippen molar-refractivity contribution < 1.29 is 9.90 Å². The fourth-order valence-corrected chi connectivity index (χ4v) is 2.59. The number of aromatic carboxylic acids is 1. The second-order valence-corrected chi connectivity index (χ2v) is 6.28. The van der Waals surface area contributed by atoms with E-state index in [1.54, 1.807) is 6.92 Å². The first-order valence-corrected chi connectivity index (χ1v) is 8.01. The summed E-state index contributed by atoms with van der Waals surface area (Å²) in [5.41, 5.74) is 6.29. The summed E-state index contributed by atoms with van der Waals surface area (Å²) in [5, 5.41) is 13.0. The fourth-order valence-electron chi connectivity index (χ4n) is 1.92. The molecule has 2 aromatic rings. The highest BCUT2D eigenvalue weighted by Crippen LogP contribution is 2.36. The second-order valence-electron chi connectivity index (χ2n) is 5.17. The number of rotatable bonds is 4. The van der Waals surface area contributed by atoms with Crippen LogP contribution in [0.2, 0.25) is 15.2 Å². The third kappa shape index (κ3) is 3.80. The number of hydrogen-bond acceptors (Lipinski definition) is 4. The van der Waals surface area contributed by atoms with Crippen LogP contribution in [-0.2, 0) is 0 Å². The number of anilines is 1. The Labute approximate surface area is 154 Å². The molecule has 2 N–H and O–H groups in total. The molecule has 0 amide bonds. The Kier molecular flexibility index (Phi) is 5.70. The monoisotopic (exact) mass is 385 g/mol. The number of nitrogens with zero attached hydrogens (tertiary/aromatic N) is 2. The van der Waals surface area contributed by atoms with Crippen molar-refractivity contribution >= 4 is 52.2 Å². The Morgan fingerprint density at radius 3 is 2.42 bits per heavy atom. The molecule has 1 aromatic heterocycles. The van der Waals surface area contributed by atoms with Crippen molar-refractivity contribution in [1.29, 1.82) is 0 Å². The Morgan fingerprint density at radius 1 is 1.17 bits per heavy atom. The number of aryl methyl sites for hydroxylation is 2. The van der Waals surface area contributed by atoms with Crippen molar-refractivity contribution in [1.82, 2.24) is 4.98 Å². The molecule has 0 aliphatic heterocycles. The van der Waals surface area contributed by atoms with Crippen LogP contribution in [0, 0.1) is 13.8 Å². The number of pyridine rings is 1. The van der Waals surface area contributed by atoms with Gasteiger partial charge in [-0.25, -0.2) is 9.78 Å². The predicted octanol–water partition coefficient (Wildman–Crippen LogP) is 5.19. The second kappa shape index (κ2) is 7.38. The van der Waals surface area contributed by atoms with Crippen molar-refractivity contribution in [3.05, 3.63) is 55.8 Å². The summed E-state index contributed by atoms with van der Waals surface area (Å²) in [5.74, 6) is -1.31. The molecule has 0 fully saturated rings. The van der Waals surface area contributed by atoms with Crippen LogP contribution < -0.4 is 5.43 Å². The molecule has 0 radical (unpaired) electrons. The Bertz CT molecular complexity index is 851. The summed E-state index contributed by atoms with van der Waals surface area (Å²) in [7, 11) is 0. The summed E-state index contributed by atoms with van der Waals surface area (Å²) < 4.78 is 0. The minimum atomic E-state index is -1.31. The van der Waals surface area contributed by atoms with Crippen molar-refractivity contribution in [3.63, 3.8) is 0 Å². The van der Waals surface area contributed by atoms with Gasteiger partial charge >= 0.3 is 5.97 Å². The summed E-state index contributed by atoms with van der Waals surface area (Å²) in [6.45, 7) is 5.84. The van der Waals surface area contributed by atoms with E-state index in [9.17, 15) is 4.79 Å². The minimum Gasteiger partial charge on any atom is -0.476 e. The quantitative estimate of drug-likeness (QED) is 0.430. The van der Waals surface area contributed by atoms with Gasteiger partial charge in [-0.2, -0.15) is 5.10 Å². The Balaban J connectivity index is 2.40. The van der Waals surface area contributed by atoms with Crippen LogP contribution in [0.3, 0.4) is 0 Å². The number of aromatic nitrogens is 1. The topological polar surface area (TPSA) is 74.6 Å². The van der Waals surface area contributed by atoms with E-state index in [1.807, 2.05) is 32.0 Å². The van der Waals surface area contributed by atoms with Gasteiger partial charge in [0.2, 0.25) is 0 Å². The highest BCUT2D eigenvalue weighted by Gasteiger charge is 2.20. The van der Waals surface area contributed by atoms with Gasteiger partial charge < -0.3 is 5.11 Å². The summed E-state index contributed by atoms with van der Waals surface area (Å²) >= 11 is 17.9. The van der Waals surface area contributed by atoms with E-state index in [0.717, 1.165) is 11.1 Å². The number of halogens is 3. The van der Waals surface area contributed by atoms with Gasteiger partial charge in [-0.3, -0.25) is 5.43 Å². The van der Waals surface area contributed by atoms with E-state index in [4.69, 9.17) is 39.9 Å². The highest BCUT2D eigenvalue weighted by molar-refractivity contribution is 6.46. The van der Waals surface area contributed by atoms with E-state index in [2.05, 4.69) is 15.5 Å². The van der Waals surface area contributed by atoms with Gasteiger partial charge in [0.15, 0.2) is 10.8 Å². The first kappa shape index (κ1) is 18.5. The maximum absolute atomic E-state index is 11.2. The van der Waals surface area contributed by atoms with Crippen molar-refractivity contribution in [2.24, 2.45) is 5.10 Å². The number of hydrogen-bond donors (Lipinski definition) is 2. The van der Waals surface area contributed by atoms with Gasteiger partial charge in [0.25, 0.3) is 0 Å². The van der Waals surface area contributed by atoms with Gasteiger partial charge in [-0.05, 0) is 43.5 Å². The third-order valence-electron chi connectivity index (χ3n) is 3.50. The lowest BCUT2D eigenvalue weighted by atomic mass is 10.0. The number of carbonyl (C=O) groups is 1. The van der Waals surface area contributed by atoms with E-state index in [0.29, 0.717) is 5.71 Å². The molecule has 0 spiro atoms. The lowest BCUT2D eigenvalue weighted by molar-refractivity contribution is 0.0691. The smallest absolute Gasteiger partial charge is 0.356 e. The first-order chi connectivity index (χ1) is 11.2. The van der Waals surface area contributed by atoms with Crippen molar-refractivity contribution in [3.8, 4) is 0 Å². The van der Waals surface area contributed by atoms with E-state index in [1.165, 1.54) is 5.56 Å². The standard InChI is InChI=1S/C16H14Cl3N3O2/c1-7-4-5-10(6-8(7)2)9(3)21-22-13-11(17)14(16(23)24)20-15(19)12(13)18/h4-6H,1-3H3,(H,20,22)(H,23,24). The van der Waals surface area contributed by atoms with E-state index in [-0.39, 0.29) is 20.9 Å². The van der Waals surface area contributed by atoms with Crippen LogP contribution in [-0.4, -0.2) is 21.8 Å². The van der Waals surface area contributed by atoms with Crippen molar-refractivity contribution in [2.75, 3.05) is 5.43 Å². The summed E-state index contributed by atoms with van der Waals surface area (Å²) in [6, 6.07) is 5.94. The zero-order valence-electron chi connectivity index (χ0n) is 13.1. The van der Waals surface area contributed by atoms with Gasteiger partial charge in [0.05, 0.1) is 11.4 Å². The van der Waals surface area contributed by atoms with E-state index >= 15 is 0 Å². The zero-order chi connectivity index (χ0) is 18.0. The maximum atomic E-state index is 11.2. The summed E-state index contributed by atoms with van der Waals surface area (Å²) in [6.07, 6.45) is 0. The lowest BCUT2D eigenvalue weighted by Crippen LogP contribution is -2.06. The molecular weight excluding hydrogens is 373 g/mol. The molecule has 1 heterocycles. The third-order valence-corrected chi connectivity index (χ3v) is 4.61. The average Bonchev–Trinajstić information content (AvgIpc) is 2.52. The Hall–Kier alpha value is -1.82. The molecule has 1 aromatic carbocycles. The van der Waals surface area contributed by atoms with Gasteiger partial charge in [0, 0.05) is 0 Å². The molecular formula is C16H14Cl3N3O2. The number of carboxylic acid groups (broad SMARTS) is 1. The number of nitrogens with one attached hydrogen (secondary N) is 1. The van der Waals surface area contributed by atoms with Crippen LogP contribution in [0.5, 0.6) is 0 Å². The van der Waals surface area contributed by atoms with Gasteiger partial charge in [-0.15, -0.1) is 0 Å². The summed E-state index contributed by atoms with van der Waals surface area (Å²) in [4.78, 5) is 14.8. The number of carboxylic acids is 1. The lowest BCUT2D eigenvalue weighted by Gasteiger charge is -2.11. The van der Waals surface area contributed by atoms with Crippen LogP contribution in [0.25, 0.3) is 0 Å². The predicted molar refractivity (Wildman–Crippen MR) is 98.0 cm³/mol. The number of hydrazone groups is 1. The first-order valence-electron chi connectivity index (χ1n) is 6.88. The number of benzene rings is 1. The molecule has 126 valence electrons. The molecule has 0 unspecified atom stereocenters. The average molecular weight is 387 g/mol. The molecule has 5 nitrogen and oxygen atoms in total. The normalized spacial score (nSPS) is 11.5. The molecule has 24 heavy (non-hydrogen) atoms. The maximum Gasteiger partial charge on any atom is 0.356 e. The van der Waals surface area contributed by atoms with Gasteiger partial charge in [-0.1, -0.05) is 46.9 Å². The van der Waals surface area contributed by atoms with Gasteiger partial charge in [0.1, 0.15) is 10.0 Å². The molecule has 0 aliphatic rings.